The van der Waals surface area contributed by atoms with Gasteiger partial charge < -0.3 is 20.1 Å². The SMILES string of the molecule is CN1C=NC#CC1Nc1ncc(-c2ccc(CC(=O)Nc3cc(C4(C(F)(F)F)CC4)on3)c(F)c2)cn1. The number of aromatic nitrogens is 3. The molecule has 1 aliphatic carbocycles. The lowest BCUT2D eigenvalue weighted by Crippen LogP contribution is -2.37. The molecule has 37 heavy (non-hydrogen) atoms. The van der Waals surface area contributed by atoms with Crippen LogP contribution in [-0.2, 0) is 16.6 Å². The Balaban J connectivity index is 1.21. The number of amides is 1. The zero-order valence-corrected chi connectivity index (χ0v) is 19.3. The van der Waals surface area contributed by atoms with Crippen molar-refractivity contribution >= 4 is 24.0 Å². The Morgan fingerprint density at radius 1 is 1.22 bits per heavy atom. The molecule has 5 rings (SSSR count). The van der Waals surface area contributed by atoms with Crippen LogP contribution in [0.3, 0.4) is 0 Å². The number of halogens is 4. The summed E-state index contributed by atoms with van der Waals surface area (Å²) in [5.74, 6) is 1.42. The molecule has 3 heterocycles. The molecule has 0 spiro atoms. The van der Waals surface area contributed by atoms with E-state index in [2.05, 4.69) is 42.7 Å². The topological polar surface area (TPSA) is 109 Å². The molecule has 9 nitrogen and oxygen atoms in total. The molecule has 190 valence electrons. The number of nitrogens with zero attached hydrogens (tertiary/aromatic N) is 5. The van der Waals surface area contributed by atoms with Gasteiger partial charge in [0.2, 0.25) is 11.9 Å². The van der Waals surface area contributed by atoms with E-state index in [4.69, 9.17) is 4.52 Å². The van der Waals surface area contributed by atoms with E-state index in [0.29, 0.717) is 17.1 Å². The second-order valence-electron chi connectivity index (χ2n) is 8.70. The third-order valence-electron chi connectivity index (χ3n) is 6.11. The van der Waals surface area contributed by atoms with E-state index in [0.717, 1.165) is 6.07 Å². The van der Waals surface area contributed by atoms with Crippen LogP contribution in [-0.4, -0.2) is 51.7 Å². The molecule has 0 saturated heterocycles. The Bertz CT molecular complexity index is 1420. The van der Waals surface area contributed by atoms with Crippen LogP contribution in [0.5, 0.6) is 0 Å². The Hall–Kier alpha value is -4.47. The summed E-state index contributed by atoms with van der Waals surface area (Å²) in [4.78, 5) is 26.4. The number of aliphatic imine (C=N–C) groups is 1. The quantitative estimate of drug-likeness (QED) is 0.366. The number of carbonyl (C=O) groups is 1. The monoisotopic (exact) mass is 513 g/mol. The first-order valence-corrected chi connectivity index (χ1v) is 11.1. The summed E-state index contributed by atoms with van der Waals surface area (Å²) in [6.45, 7) is 0. The van der Waals surface area contributed by atoms with Crippen molar-refractivity contribution < 1.29 is 26.9 Å². The fourth-order valence-corrected chi connectivity index (χ4v) is 3.78. The van der Waals surface area contributed by atoms with Crippen molar-refractivity contribution in [2.75, 3.05) is 17.7 Å². The van der Waals surface area contributed by atoms with Crippen LogP contribution in [0.1, 0.15) is 24.2 Å². The van der Waals surface area contributed by atoms with Crippen LogP contribution in [0, 0.1) is 17.8 Å². The van der Waals surface area contributed by atoms with Gasteiger partial charge in [0.1, 0.15) is 17.6 Å². The largest absolute Gasteiger partial charge is 0.401 e. The first-order chi connectivity index (χ1) is 17.6. The molecule has 1 amide bonds. The highest BCUT2D eigenvalue weighted by Crippen LogP contribution is 2.59. The molecule has 13 heteroatoms. The maximum absolute atomic E-state index is 14.7. The Kier molecular flexibility index (Phi) is 6.02. The van der Waals surface area contributed by atoms with Crippen molar-refractivity contribution in [3.05, 3.63) is 53.8 Å². The first-order valence-electron chi connectivity index (χ1n) is 11.1. The summed E-state index contributed by atoms with van der Waals surface area (Å²) in [7, 11) is 1.80. The molecule has 1 fully saturated rings. The van der Waals surface area contributed by atoms with Gasteiger partial charge in [0.15, 0.2) is 17.7 Å². The van der Waals surface area contributed by atoms with Crippen LogP contribution in [0.2, 0.25) is 0 Å². The van der Waals surface area contributed by atoms with Gasteiger partial charge in [-0.3, -0.25) is 4.79 Å². The summed E-state index contributed by atoms with van der Waals surface area (Å²) in [5, 5.41) is 8.90. The first kappa shape index (κ1) is 24.2. The third-order valence-corrected chi connectivity index (χ3v) is 6.11. The van der Waals surface area contributed by atoms with E-state index in [9.17, 15) is 22.4 Å². The summed E-state index contributed by atoms with van der Waals surface area (Å²) < 4.78 is 59.3. The van der Waals surface area contributed by atoms with Gasteiger partial charge in [-0.15, -0.1) is 0 Å². The number of nitrogens with one attached hydrogen (secondary N) is 2. The Morgan fingerprint density at radius 3 is 2.62 bits per heavy atom. The molecular weight excluding hydrogens is 494 g/mol. The minimum Gasteiger partial charge on any atom is -0.358 e. The van der Waals surface area contributed by atoms with E-state index in [1.54, 1.807) is 24.4 Å². The Morgan fingerprint density at radius 2 is 1.97 bits per heavy atom. The fourth-order valence-electron chi connectivity index (χ4n) is 3.78. The average molecular weight is 513 g/mol. The number of hydrogen-bond acceptors (Lipinski definition) is 8. The van der Waals surface area contributed by atoms with Gasteiger partial charge >= 0.3 is 6.18 Å². The van der Waals surface area contributed by atoms with Crippen LogP contribution in [0.4, 0.5) is 29.3 Å². The van der Waals surface area contributed by atoms with Gasteiger partial charge in [0.05, 0.1) is 6.42 Å². The highest BCUT2D eigenvalue weighted by atomic mass is 19.4. The third kappa shape index (κ3) is 4.95. The van der Waals surface area contributed by atoms with Crippen molar-refractivity contribution in [1.29, 1.82) is 0 Å². The Labute approximate surface area is 208 Å². The van der Waals surface area contributed by atoms with Gasteiger partial charge in [0, 0.05) is 37.1 Å². The lowest BCUT2D eigenvalue weighted by Gasteiger charge is -2.23. The zero-order valence-electron chi connectivity index (χ0n) is 19.3. The molecule has 1 aliphatic heterocycles. The molecule has 0 radical (unpaired) electrons. The van der Waals surface area contributed by atoms with Crippen molar-refractivity contribution in [3.63, 3.8) is 0 Å². The maximum atomic E-state index is 14.7. The molecule has 3 aromatic rings. The normalized spacial score (nSPS) is 17.6. The molecule has 2 N–H and O–H groups in total. The highest BCUT2D eigenvalue weighted by Gasteiger charge is 2.66. The van der Waals surface area contributed by atoms with Gasteiger partial charge in [-0.2, -0.15) is 18.2 Å². The summed E-state index contributed by atoms with van der Waals surface area (Å²) in [6, 6.07) is 7.98. The standard InChI is InChI=1S/C24H19F4N7O2/c1-35-13-29-7-4-20(35)33-22-30-11-16(12-31-22)14-2-3-15(17(25)8-14)9-21(36)32-19-10-18(37-34-19)23(5-6-23)24(26,27)28/h2-3,8,10-13,20H,5-6,9H2,1H3,(H,30,31,33)(H,32,34,36). The van der Waals surface area contributed by atoms with E-state index in [1.807, 2.05) is 0 Å². The van der Waals surface area contributed by atoms with Crippen LogP contribution in [0.15, 0.2) is 46.2 Å². The van der Waals surface area contributed by atoms with Gasteiger partial charge in [0.25, 0.3) is 0 Å². The second-order valence-corrected chi connectivity index (χ2v) is 8.70. The summed E-state index contributed by atoms with van der Waals surface area (Å²) >= 11 is 0. The number of carbonyl (C=O) groups excluding carboxylic acids is 1. The molecule has 1 unspecified atom stereocenters. The predicted octanol–water partition coefficient (Wildman–Crippen LogP) is 3.72. The molecule has 2 aromatic heterocycles. The fraction of sp³-hybridized carbons (Fsp3) is 0.292. The molecule has 2 aliphatic rings. The van der Waals surface area contributed by atoms with Crippen molar-refractivity contribution in [2.24, 2.45) is 4.99 Å². The van der Waals surface area contributed by atoms with Gasteiger partial charge in [-0.05, 0) is 36.0 Å². The number of hydrogen-bond donors (Lipinski definition) is 2. The van der Waals surface area contributed by atoms with E-state index in [1.165, 1.54) is 24.5 Å². The van der Waals surface area contributed by atoms with E-state index < -0.39 is 23.3 Å². The van der Waals surface area contributed by atoms with E-state index in [-0.39, 0.29) is 42.6 Å². The smallest absolute Gasteiger partial charge is 0.358 e. The number of rotatable bonds is 7. The molecule has 1 aromatic carbocycles. The average Bonchev–Trinajstić information content (AvgIpc) is 3.56. The molecule has 1 saturated carbocycles. The van der Waals surface area contributed by atoms with Crippen molar-refractivity contribution in [1.82, 2.24) is 20.0 Å². The number of anilines is 2. The molecule has 1 atom stereocenters. The van der Waals surface area contributed by atoms with Crippen LogP contribution >= 0.6 is 0 Å². The van der Waals surface area contributed by atoms with Crippen LogP contribution in [0.25, 0.3) is 11.1 Å². The van der Waals surface area contributed by atoms with Gasteiger partial charge in [-0.1, -0.05) is 17.3 Å². The zero-order chi connectivity index (χ0) is 26.2. The predicted molar refractivity (Wildman–Crippen MR) is 125 cm³/mol. The second kappa shape index (κ2) is 9.20. The maximum Gasteiger partial charge on any atom is 0.401 e. The minimum atomic E-state index is -4.46. The van der Waals surface area contributed by atoms with Crippen molar-refractivity contribution in [3.8, 4) is 23.1 Å². The number of alkyl halides is 3. The lowest BCUT2D eigenvalue weighted by atomic mass is 10.0. The summed E-state index contributed by atoms with van der Waals surface area (Å²) in [5.41, 5.74) is -0.895. The van der Waals surface area contributed by atoms with Gasteiger partial charge in [-0.25, -0.2) is 14.4 Å². The van der Waals surface area contributed by atoms with E-state index >= 15 is 0 Å². The number of benzene rings is 1. The lowest BCUT2D eigenvalue weighted by molar-refractivity contribution is -0.165. The highest BCUT2D eigenvalue weighted by molar-refractivity contribution is 5.91. The minimum absolute atomic E-state index is 0.0945. The van der Waals surface area contributed by atoms with Crippen molar-refractivity contribution in [2.45, 2.75) is 37.0 Å². The summed E-state index contributed by atoms with van der Waals surface area (Å²) in [6.07, 6.45) is -0.713. The molecule has 0 bridgehead atoms. The molecular formula is C24H19F4N7O2. The van der Waals surface area contributed by atoms with Crippen LogP contribution < -0.4 is 10.6 Å².